The molecule has 0 radical (unpaired) electrons. The van der Waals surface area contributed by atoms with Gasteiger partial charge in [0, 0.05) is 24.2 Å². The molecule has 0 N–H and O–H groups in total. The minimum atomic E-state index is -2.54. The number of hydrogen-bond acceptors (Lipinski definition) is 3. The maximum atomic E-state index is 12.5. The number of alkyl halides is 2. The van der Waals surface area contributed by atoms with Crippen LogP contribution in [0, 0.1) is 0 Å². The summed E-state index contributed by atoms with van der Waals surface area (Å²) in [5, 5.41) is 0. The first-order chi connectivity index (χ1) is 11.2. The molecule has 5 heteroatoms. The predicted molar refractivity (Wildman–Crippen MR) is 85.6 cm³/mol. The summed E-state index contributed by atoms with van der Waals surface area (Å²) in [6.07, 6.45) is 7.63. The monoisotopic (exact) mass is 309 g/mol. The number of nitrogens with zero attached hydrogens (tertiary/aromatic N) is 3. The molecule has 2 heterocycles. The van der Waals surface area contributed by atoms with Gasteiger partial charge in [-0.1, -0.05) is 36.4 Å². The van der Waals surface area contributed by atoms with Crippen LogP contribution in [0.15, 0.2) is 61.3 Å². The molecular formula is C18H13F2N3. The van der Waals surface area contributed by atoms with Crippen molar-refractivity contribution in [3.63, 3.8) is 0 Å². The number of benzene rings is 1. The van der Waals surface area contributed by atoms with Crippen molar-refractivity contribution in [1.82, 2.24) is 15.0 Å². The third kappa shape index (κ3) is 3.83. The summed E-state index contributed by atoms with van der Waals surface area (Å²) in [4.78, 5) is 11.8. The van der Waals surface area contributed by atoms with E-state index < -0.39 is 6.43 Å². The summed E-state index contributed by atoms with van der Waals surface area (Å²) in [5.41, 5.74) is 3.49. The van der Waals surface area contributed by atoms with Gasteiger partial charge in [-0.25, -0.2) is 18.7 Å². The molecule has 0 atom stereocenters. The van der Waals surface area contributed by atoms with E-state index in [1.165, 1.54) is 18.6 Å². The average molecular weight is 309 g/mol. The molecule has 0 saturated carbocycles. The fourth-order valence-electron chi connectivity index (χ4n) is 2.11. The summed E-state index contributed by atoms with van der Waals surface area (Å²) in [6, 6.07) is 10.9. The quantitative estimate of drug-likeness (QED) is 0.704. The highest BCUT2D eigenvalue weighted by Crippen LogP contribution is 2.20. The van der Waals surface area contributed by atoms with Crippen LogP contribution in [0.4, 0.5) is 8.78 Å². The highest BCUT2D eigenvalue weighted by Gasteiger charge is 2.06. The minimum Gasteiger partial charge on any atom is -0.255 e. The average Bonchev–Trinajstić information content (AvgIpc) is 2.61. The van der Waals surface area contributed by atoms with E-state index in [9.17, 15) is 8.78 Å². The summed E-state index contributed by atoms with van der Waals surface area (Å²) < 4.78 is 24.9. The maximum Gasteiger partial charge on any atom is 0.280 e. The van der Waals surface area contributed by atoms with Crippen LogP contribution < -0.4 is 0 Å². The van der Waals surface area contributed by atoms with Gasteiger partial charge in [-0.3, -0.25) is 4.98 Å². The van der Waals surface area contributed by atoms with E-state index in [1.54, 1.807) is 18.5 Å². The number of aromatic nitrogens is 3. The van der Waals surface area contributed by atoms with E-state index in [4.69, 9.17) is 0 Å². The molecule has 0 aliphatic rings. The predicted octanol–water partition coefficient (Wildman–Crippen LogP) is 4.65. The second-order valence-electron chi connectivity index (χ2n) is 4.90. The smallest absolute Gasteiger partial charge is 0.255 e. The first kappa shape index (κ1) is 15.0. The minimum absolute atomic E-state index is 0.215. The first-order valence-corrected chi connectivity index (χ1v) is 7.00. The Morgan fingerprint density at radius 2 is 1.61 bits per heavy atom. The lowest BCUT2D eigenvalue weighted by Gasteiger charge is -2.02. The Morgan fingerprint density at radius 1 is 0.826 bits per heavy atom. The molecule has 0 fully saturated rings. The third-order valence-electron chi connectivity index (χ3n) is 3.28. The van der Waals surface area contributed by atoms with Crippen molar-refractivity contribution < 1.29 is 8.78 Å². The van der Waals surface area contributed by atoms with Crippen molar-refractivity contribution in [3.05, 3.63) is 78.1 Å². The zero-order chi connectivity index (χ0) is 16.1. The molecule has 3 aromatic rings. The van der Waals surface area contributed by atoms with Crippen molar-refractivity contribution in [1.29, 1.82) is 0 Å². The Morgan fingerprint density at radius 3 is 2.30 bits per heavy atom. The maximum absolute atomic E-state index is 12.5. The molecule has 3 nitrogen and oxygen atoms in total. The van der Waals surface area contributed by atoms with Crippen LogP contribution in [-0.2, 0) is 0 Å². The molecule has 1 aromatic carbocycles. The molecule has 0 aliphatic heterocycles. The highest BCUT2D eigenvalue weighted by molar-refractivity contribution is 5.73. The summed E-state index contributed by atoms with van der Waals surface area (Å²) in [6.45, 7) is 0. The number of halogens is 2. The van der Waals surface area contributed by atoms with Crippen LogP contribution in [0.1, 0.15) is 23.2 Å². The zero-order valence-electron chi connectivity index (χ0n) is 12.1. The van der Waals surface area contributed by atoms with Crippen LogP contribution in [0.5, 0.6) is 0 Å². The van der Waals surface area contributed by atoms with Crippen molar-refractivity contribution in [3.8, 4) is 11.1 Å². The Labute approximate surface area is 132 Å². The topological polar surface area (TPSA) is 38.7 Å². The van der Waals surface area contributed by atoms with Gasteiger partial charge in [-0.2, -0.15) is 0 Å². The van der Waals surface area contributed by atoms with Crippen LogP contribution >= 0.6 is 0 Å². The number of rotatable bonds is 4. The van der Waals surface area contributed by atoms with E-state index in [-0.39, 0.29) is 5.69 Å². The molecule has 23 heavy (non-hydrogen) atoms. The zero-order valence-corrected chi connectivity index (χ0v) is 12.1. The van der Waals surface area contributed by atoms with Crippen LogP contribution in [-0.4, -0.2) is 15.0 Å². The summed E-state index contributed by atoms with van der Waals surface area (Å²) in [5.74, 6) is 0. The van der Waals surface area contributed by atoms with Crippen LogP contribution in [0.3, 0.4) is 0 Å². The van der Waals surface area contributed by atoms with Gasteiger partial charge in [-0.15, -0.1) is 0 Å². The lowest BCUT2D eigenvalue weighted by Crippen LogP contribution is -1.88. The molecular weight excluding hydrogens is 296 g/mol. The molecule has 114 valence electrons. The SMILES string of the molecule is FC(F)c1ccc(/C=C/c2cccc(-c3cncnc3)c2)cn1. The lowest BCUT2D eigenvalue weighted by molar-refractivity contribution is 0.146. The van der Waals surface area contributed by atoms with Crippen molar-refractivity contribution in [2.24, 2.45) is 0 Å². The van der Waals surface area contributed by atoms with E-state index in [0.29, 0.717) is 0 Å². The molecule has 0 unspecified atom stereocenters. The van der Waals surface area contributed by atoms with Gasteiger partial charge in [0.2, 0.25) is 0 Å². The fraction of sp³-hybridized carbons (Fsp3) is 0.0556. The van der Waals surface area contributed by atoms with E-state index in [2.05, 4.69) is 15.0 Å². The van der Waals surface area contributed by atoms with E-state index in [1.807, 2.05) is 36.4 Å². The van der Waals surface area contributed by atoms with Crippen molar-refractivity contribution in [2.75, 3.05) is 0 Å². The van der Waals surface area contributed by atoms with Gasteiger partial charge in [0.05, 0.1) is 0 Å². The van der Waals surface area contributed by atoms with Gasteiger partial charge < -0.3 is 0 Å². The van der Waals surface area contributed by atoms with Gasteiger partial charge in [0.1, 0.15) is 12.0 Å². The normalized spacial score (nSPS) is 11.3. The second kappa shape index (κ2) is 6.87. The van der Waals surface area contributed by atoms with Gasteiger partial charge >= 0.3 is 0 Å². The summed E-state index contributed by atoms with van der Waals surface area (Å²) in [7, 11) is 0. The van der Waals surface area contributed by atoms with Gasteiger partial charge in [0.15, 0.2) is 0 Å². The largest absolute Gasteiger partial charge is 0.280 e. The molecule has 0 saturated heterocycles. The lowest BCUT2D eigenvalue weighted by atomic mass is 10.1. The number of hydrogen-bond donors (Lipinski definition) is 0. The number of pyridine rings is 1. The van der Waals surface area contributed by atoms with Crippen LogP contribution in [0.2, 0.25) is 0 Å². The second-order valence-corrected chi connectivity index (χ2v) is 4.90. The third-order valence-corrected chi connectivity index (χ3v) is 3.28. The molecule has 2 aromatic heterocycles. The van der Waals surface area contributed by atoms with Gasteiger partial charge in [-0.05, 0) is 28.8 Å². The highest BCUT2D eigenvalue weighted by atomic mass is 19.3. The Kier molecular flexibility index (Phi) is 4.47. The van der Waals surface area contributed by atoms with Crippen LogP contribution in [0.25, 0.3) is 23.3 Å². The van der Waals surface area contributed by atoms with Crippen molar-refractivity contribution >= 4 is 12.2 Å². The Hall–Kier alpha value is -2.95. The van der Waals surface area contributed by atoms with Gasteiger partial charge in [0.25, 0.3) is 6.43 Å². The molecule has 0 spiro atoms. The molecule has 3 rings (SSSR count). The first-order valence-electron chi connectivity index (χ1n) is 7.00. The molecule has 0 bridgehead atoms. The van der Waals surface area contributed by atoms with E-state index in [0.717, 1.165) is 22.3 Å². The Balaban J connectivity index is 1.80. The molecule has 0 aliphatic carbocycles. The van der Waals surface area contributed by atoms with E-state index >= 15 is 0 Å². The van der Waals surface area contributed by atoms with Crippen molar-refractivity contribution in [2.45, 2.75) is 6.43 Å². The molecule has 0 amide bonds. The Bertz CT molecular complexity index is 800. The fourth-order valence-corrected chi connectivity index (χ4v) is 2.11. The summed E-state index contributed by atoms with van der Waals surface area (Å²) >= 11 is 0. The standard InChI is InChI=1S/C18H13F2N3/c19-18(20)17-7-6-14(9-23-17)5-4-13-2-1-3-15(8-13)16-10-21-12-22-11-16/h1-12,18H/b5-4+.